The standard InChI is InChI=1S/C18H20N4OS/c1-2-10-20-18(23)13-7-8-16(21-12-13)19-11-9-17-22-14-5-3-4-6-15(14)24-17/h1,7-8,12H,3-6,9-11H2,(H,19,21)(H,20,23). The second kappa shape index (κ2) is 7.93. The molecule has 6 heteroatoms. The molecule has 1 aliphatic rings. The Labute approximate surface area is 145 Å². The van der Waals surface area contributed by atoms with Gasteiger partial charge in [0.15, 0.2) is 0 Å². The molecule has 0 atom stereocenters. The van der Waals surface area contributed by atoms with E-state index in [0.29, 0.717) is 5.56 Å². The molecule has 0 aliphatic heterocycles. The van der Waals surface area contributed by atoms with Crippen molar-refractivity contribution in [3.63, 3.8) is 0 Å². The third kappa shape index (κ3) is 4.12. The van der Waals surface area contributed by atoms with E-state index < -0.39 is 0 Å². The monoisotopic (exact) mass is 340 g/mol. The van der Waals surface area contributed by atoms with Gasteiger partial charge in [-0.2, -0.15) is 0 Å². The average Bonchev–Trinajstić information content (AvgIpc) is 3.03. The quantitative estimate of drug-likeness (QED) is 0.793. The summed E-state index contributed by atoms with van der Waals surface area (Å²) in [4.78, 5) is 22.2. The van der Waals surface area contributed by atoms with Crippen LogP contribution in [-0.2, 0) is 19.3 Å². The van der Waals surface area contributed by atoms with Gasteiger partial charge in [0, 0.05) is 24.0 Å². The Kier molecular flexibility index (Phi) is 5.44. The minimum Gasteiger partial charge on any atom is -0.370 e. The van der Waals surface area contributed by atoms with Crippen molar-refractivity contribution in [2.24, 2.45) is 0 Å². The number of hydrogen-bond donors (Lipinski definition) is 2. The first kappa shape index (κ1) is 16.5. The van der Waals surface area contributed by atoms with Crippen LogP contribution in [0.15, 0.2) is 18.3 Å². The highest BCUT2D eigenvalue weighted by atomic mass is 32.1. The zero-order chi connectivity index (χ0) is 16.8. The van der Waals surface area contributed by atoms with Gasteiger partial charge in [0.1, 0.15) is 5.82 Å². The molecule has 3 rings (SSSR count). The van der Waals surface area contributed by atoms with Crippen LogP contribution in [0, 0.1) is 12.3 Å². The molecule has 0 saturated carbocycles. The third-order valence-corrected chi connectivity index (χ3v) is 5.13. The maximum Gasteiger partial charge on any atom is 0.253 e. The number of carbonyl (C=O) groups excluding carboxylic acids is 1. The van der Waals surface area contributed by atoms with Crippen LogP contribution in [0.25, 0.3) is 0 Å². The summed E-state index contributed by atoms with van der Waals surface area (Å²) in [5.74, 6) is 2.92. The first-order chi connectivity index (χ1) is 11.8. The lowest BCUT2D eigenvalue weighted by atomic mass is 10.0. The van der Waals surface area contributed by atoms with Crippen LogP contribution in [0.4, 0.5) is 5.82 Å². The van der Waals surface area contributed by atoms with Gasteiger partial charge >= 0.3 is 0 Å². The van der Waals surface area contributed by atoms with E-state index >= 15 is 0 Å². The molecule has 0 aromatic carbocycles. The van der Waals surface area contributed by atoms with E-state index in [4.69, 9.17) is 11.4 Å². The number of carbonyl (C=O) groups is 1. The number of thiazole rings is 1. The molecule has 0 unspecified atom stereocenters. The average molecular weight is 340 g/mol. The smallest absolute Gasteiger partial charge is 0.253 e. The summed E-state index contributed by atoms with van der Waals surface area (Å²) in [5.41, 5.74) is 1.81. The fraction of sp³-hybridized carbons (Fsp3) is 0.389. The molecule has 0 radical (unpaired) electrons. The van der Waals surface area contributed by atoms with Crippen molar-refractivity contribution in [1.29, 1.82) is 0 Å². The van der Waals surface area contributed by atoms with Gasteiger partial charge in [-0.1, -0.05) is 5.92 Å². The summed E-state index contributed by atoms with van der Waals surface area (Å²) in [6.07, 6.45) is 12.4. The molecule has 0 saturated heterocycles. The first-order valence-electron chi connectivity index (χ1n) is 8.15. The van der Waals surface area contributed by atoms with Crippen molar-refractivity contribution < 1.29 is 4.79 Å². The highest BCUT2D eigenvalue weighted by Gasteiger charge is 2.14. The van der Waals surface area contributed by atoms with Crippen LogP contribution < -0.4 is 10.6 Å². The van der Waals surface area contributed by atoms with Crippen molar-refractivity contribution in [2.75, 3.05) is 18.4 Å². The van der Waals surface area contributed by atoms with Crippen molar-refractivity contribution in [3.8, 4) is 12.3 Å². The van der Waals surface area contributed by atoms with Crippen molar-refractivity contribution >= 4 is 23.1 Å². The fourth-order valence-corrected chi connectivity index (χ4v) is 3.83. The van der Waals surface area contributed by atoms with Gasteiger partial charge in [0.05, 0.1) is 22.8 Å². The largest absolute Gasteiger partial charge is 0.370 e. The fourth-order valence-electron chi connectivity index (χ4n) is 2.68. The Balaban J connectivity index is 1.49. The van der Waals surface area contributed by atoms with E-state index in [1.807, 2.05) is 11.3 Å². The second-order valence-corrected chi connectivity index (χ2v) is 6.85. The molecule has 5 nitrogen and oxygen atoms in total. The number of aryl methyl sites for hydroxylation is 2. The van der Waals surface area contributed by atoms with E-state index in [9.17, 15) is 4.79 Å². The summed E-state index contributed by atoms with van der Waals surface area (Å²) >= 11 is 1.84. The van der Waals surface area contributed by atoms with Gasteiger partial charge in [0.2, 0.25) is 0 Å². The number of aromatic nitrogens is 2. The van der Waals surface area contributed by atoms with E-state index in [0.717, 1.165) is 25.2 Å². The Morgan fingerprint density at radius 1 is 1.33 bits per heavy atom. The molecule has 2 N–H and O–H groups in total. The molecule has 2 aromatic rings. The zero-order valence-corrected chi connectivity index (χ0v) is 14.3. The number of fused-ring (bicyclic) bond motifs is 1. The third-order valence-electron chi connectivity index (χ3n) is 3.91. The molecule has 24 heavy (non-hydrogen) atoms. The molecular weight excluding hydrogens is 320 g/mol. The van der Waals surface area contributed by atoms with Crippen LogP contribution in [0.1, 0.15) is 38.8 Å². The van der Waals surface area contributed by atoms with Crippen LogP contribution in [0.5, 0.6) is 0 Å². The number of pyridine rings is 1. The molecule has 124 valence electrons. The van der Waals surface area contributed by atoms with Gasteiger partial charge in [-0.15, -0.1) is 17.8 Å². The maximum absolute atomic E-state index is 11.7. The lowest BCUT2D eigenvalue weighted by Gasteiger charge is -2.06. The van der Waals surface area contributed by atoms with Crippen LogP contribution in [-0.4, -0.2) is 29.0 Å². The number of hydrogen-bond acceptors (Lipinski definition) is 5. The van der Waals surface area contributed by atoms with E-state index in [2.05, 4.69) is 21.5 Å². The summed E-state index contributed by atoms with van der Waals surface area (Å²) in [6, 6.07) is 3.54. The Morgan fingerprint density at radius 3 is 2.96 bits per heavy atom. The number of amides is 1. The molecule has 1 aliphatic carbocycles. The number of nitrogens with zero attached hydrogens (tertiary/aromatic N) is 2. The minimum atomic E-state index is -0.208. The first-order valence-corrected chi connectivity index (χ1v) is 8.97. The lowest BCUT2D eigenvalue weighted by molar-refractivity contribution is 0.0958. The summed E-state index contributed by atoms with van der Waals surface area (Å²) in [5, 5.41) is 7.08. The summed E-state index contributed by atoms with van der Waals surface area (Å²) in [7, 11) is 0. The van der Waals surface area contributed by atoms with E-state index in [1.54, 1.807) is 18.3 Å². The molecule has 2 aromatic heterocycles. The van der Waals surface area contributed by atoms with Gasteiger partial charge in [-0.05, 0) is 37.8 Å². The Morgan fingerprint density at radius 2 is 2.21 bits per heavy atom. The second-order valence-electron chi connectivity index (χ2n) is 5.68. The highest BCUT2D eigenvalue weighted by Crippen LogP contribution is 2.26. The summed E-state index contributed by atoms with van der Waals surface area (Å²) < 4.78 is 0. The topological polar surface area (TPSA) is 66.9 Å². The van der Waals surface area contributed by atoms with Crippen LogP contribution in [0.3, 0.4) is 0 Å². The molecule has 0 bridgehead atoms. The Hall–Kier alpha value is -2.39. The van der Waals surface area contributed by atoms with Crippen molar-refractivity contribution in [1.82, 2.24) is 15.3 Å². The Bertz CT molecular complexity index is 722. The summed E-state index contributed by atoms with van der Waals surface area (Å²) in [6.45, 7) is 0.999. The number of rotatable bonds is 6. The van der Waals surface area contributed by atoms with E-state index in [1.165, 1.54) is 34.8 Å². The van der Waals surface area contributed by atoms with Crippen LogP contribution in [0.2, 0.25) is 0 Å². The lowest BCUT2D eigenvalue weighted by Crippen LogP contribution is -2.23. The number of terminal acetylenes is 1. The molecule has 0 spiro atoms. The highest BCUT2D eigenvalue weighted by molar-refractivity contribution is 7.11. The predicted molar refractivity (Wildman–Crippen MR) is 96.4 cm³/mol. The predicted octanol–water partition coefficient (Wildman–Crippen LogP) is 2.43. The van der Waals surface area contributed by atoms with Crippen LogP contribution >= 0.6 is 11.3 Å². The maximum atomic E-state index is 11.7. The molecule has 2 heterocycles. The zero-order valence-electron chi connectivity index (χ0n) is 13.5. The molecule has 0 fully saturated rings. The SMILES string of the molecule is C#CCNC(=O)c1ccc(NCCc2nc3c(s2)CCCC3)nc1. The molecule has 1 amide bonds. The van der Waals surface area contributed by atoms with Gasteiger partial charge in [0.25, 0.3) is 5.91 Å². The van der Waals surface area contributed by atoms with Gasteiger partial charge in [-0.25, -0.2) is 9.97 Å². The normalized spacial score (nSPS) is 13.0. The van der Waals surface area contributed by atoms with Gasteiger partial charge in [-0.3, -0.25) is 4.79 Å². The minimum absolute atomic E-state index is 0.208. The van der Waals surface area contributed by atoms with Crippen molar-refractivity contribution in [2.45, 2.75) is 32.1 Å². The number of nitrogens with one attached hydrogen (secondary N) is 2. The van der Waals surface area contributed by atoms with E-state index in [-0.39, 0.29) is 12.5 Å². The van der Waals surface area contributed by atoms with Crippen molar-refractivity contribution in [3.05, 3.63) is 39.5 Å². The number of anilines is 1. The van der Waals surface area contributed by atoms with Gasteiger partial charge < -0.3 is 10.6 Å². The molecular formula is C18H20N4OS.